The van der Waals surface area contributed by atoms with Crippen LogP contribution in [-0.4, -0.2) is 20.0 Å². The molecule has 0 bridgehead atoms. The first-order valence-electron chi connectivity index (χ1n) is 5.90. The molecule has 0 aliphatic rings. The fourth-order valence-corrected chi connectivity index (χ4v) is 2.08. The molecule has 1 aromatic carbocycles. The molecule has 0 aromatic heterocycles. The van der Waals surface area contributed by atoms with Gasteiger partial charge in [-0.2, -0.15) is 0 Å². The monoisotopic (exact) mass is 270 g/mol. The highest BCUT2D eigenvalue weighted by molar-refractivity contribution is 6.32. The predicted octanol–water partition coefficient (Wildman–Crippen LogP) is 3.83. The van der Waals surface area contributed by atoms with Crippen molar-refractivity contribution in [3.8, 4) is 11.5 Å². The summed E-state index contributed by atoms with van der Waals surface area (Å²) in [6.07, 6.45) is 1.35. The molecule has 0 aliphatic heterocycles. The Morgan fingerprint density at radius 1 is 1.28 bits per heavy atom. The number of benzene rings is 1. The normalized spacial score (nSPS) is 12.1. The molecule has 0 heterocycles. The lowest BCUT2D eigenvalue weighted by Gasteiger charge is -2.17. The third-order valence-corrected chi connectivity index (χ3v) is 3.26. The Morgan fingerprint density at radius 3 is 2.39 bits per heavy atom. The van der Waals surface area contributed by atoms with Gasteiger partial charge in [-0.25, -0.2) is 0 Å². The highest BCUT2D eigenvalue weighted by Crippen LogP contribution is 2.37. The number of hydrogen-bond acceptors (Lipinski definition) is 3. The van der Waals surface area contributed by atoms with Crippen molar-refractivity contribution in [2.24, 2.45) is 0 Å². The summed E-state index contributed by atoms with van der Waals surface area (Å²) >= 11 is 6.05. The van der Waals surface area contributed by atoms with Crippen LogP contribution in [-0.2, 0) is 4.79 Å². The van der Waals surface area contributed by atoms with E-state index in [1.807, 2.05) is 6.07 Å². The summed E-state index contributed by atoms with van der Waals surface area (Å²) in [7, 11) is 3.19. The van der Waals surface area contributed by atoms with Crippen molar-refractivity contribution >= 4 is 17.4 Å². The Bertz CT molecular complexity index is 429. The Morgan fingerprint density at radius 2 is 1.89 bits per heavy atom. The molecule has 0 N–H and O–H groups in total. The van der Waals surface area contributed by atoms with Crippen LogP contribution in [0.5, 0.6) is 11.5 Å². The number of carbonyl (C=O) groups is 1. The fraction of sp³-hybridized carbons (Fsp3) is 0.500. The minimum Gasteiger partial charge on any atom is -0.496 e. The minimum absolute atomic E-state index is 0.196. The number of rotatable bonds is 6. The maximum absolute atomic E-state index is 11.0. The van der Waals surface area contributed by atoms with Crippen molar-refractivity contribution in [1.29, 1.82) is 0 Å². The van der Waals surface area contributed by atoms with E-state index in [4.69, 9.17) is 21.1 Å². The fourth-order valence-electron chi connectivity index (χ4n) is 1.84. The standard InChI is InChI=1S/C14H19ClO3/c1-9(5-6-10(2)16)11-7-14(18-4)12(15)8-13(11)17-3/h7-9H,5-6H2,1-4H3. The number of ether oxygens (including phenoxy) is 2. The molecule has 0 radical (unpaired) electrons. The lowest BCUT2D eigenvalue weighted by atomic mass is 9.94. The molecule has 1 rings (SSSR count). The van der Waals surface area contributed by atoms with Gasteiger partial charge in [-0.15, -0.1) is 0 Å². The van der Waals surface area contributed by atoms with Crippen LogP contribution in [0.4, 0.5) is 0 Å². The summed E-state index contributed by atoms with van der Waals surface area (Å²) in [5.74, 6) is 1.77. The second-order valence-corrected chi connectivity index (χ2v) is 4.78. The molecule has 0 fully saturated rings. The number of hydrogen-bond donors (Lipinski definition) is 0. The van der Waals surface area contributed by atoms with E-state index >= 15 is 0 Å². The van der Waals surface area contributed by atoms with E-state index in [2.05, 4.69) is 6.92 Å². The van der Waals surface area contributed by atoms with Gasteiger partial charge in [-0.05, 0) is 25.3 Å². The summed E-state index contributed by atoms with van der Waals surface area (Å²) in [6, 6.07) is 3.63. The van der Waals surface area contributed by atoms with E-state index < -0.39 is 0 Å². The molecule has 0 saturated heterocycles. The number of methoxy groups -OCH3 is 2. The molecule has 0 spiro atoms. The molecule has 100 valence electrons. The predicted molar refractivity (Wildman–Crippen MR) is 72.9 cm³/mol. The molecule has 1 aromatic rings. The van der Waals surface area contributed by atoms with Crippen LogP contribution < -0.4 is 9.47 Å². The van der Waals surface area contributed by atoms with Gasteiger partial charge in [0, 0.05) is 18.1 Å². The number of Topliss-reactive ketones (excluding diaryl/α,β-unsaturated/α-hetero) is 1. The van der Waals surface area contributed by atoms with Gasteiger partial charge in [0.05, 0.1) is 19.2 Å². The highest BCUT2D eigenvalue weighted by Gasteiger charge is 2.16. The van der Waals surface area contributed by atoms with Gasteiger partial charge >= 0.3 is 0 Å². The van der Waals surface area contributed by atoms with Gasteiger partial charge in [0.2, 0.25) is 0 Å². The first-order chi connectivity index (χ1) is 8.49. The Labute approximate surface area is 113 Å². The number of ketones is 1. The molecule has 4 heteroatoms. The van der Waals surface area contributed by atoms with E-state index in [1.54, 1.807) is 27.2 Å². The average molecular weight is 271 g/mol. The number of halogens is 1. The van der Waals surface area contributed by atoms with Crippen LogP contribution >= 0.6 is 11.6 Å². The smallest absolute Gasteiger partial charge is 0.138 e. The lowest BCUT2D eigenvalue weighted by Crippen LogP contribution is -2.01. The van der Waals surface area contributed by atoms with Crippen LogP contribution in [0.2, 0.25) is 5.02 Å². The van der Waals surface area contributed by atoms with Gasteiger partial charge < -0.3 is 14.3 Å². The second-order valence-electron chi connectivity index (χ2n) is 4.37. The van der Waals surface area contributed by atoms with Crippen LogP contribution in [0.15, 0.2) is 12.1 Å². The van der Waals surface area contributed by atoms with E-state index in [0.717, 1.165) is 17.7 Å². The van der Waals surface area contributed by atoms with Gasteiger partial charge in [-0.3, -0.25) is 0 Å². The molecular formula is C14H19ClO3. The quantitative estimate of drug-likeness (QED) is 0.788. The lowest BCUT2D eigenvalue weighted by molar-refractivity contribution is -0.117. The van der Waals surface area contributed by atoms with Gasteiger partial charge in [0.15, 0.2) is 0 Å². The van der Waals surface area contributed by atoms with E-state index in [1.165, 1.54) is 0 Å². The summed E-state index contributed by atoms with van der Waals surface area (Å²) in [4.78, 5) is 11.0. The van der Waals surface area contributed by atoms with Crippen molar-refractivity contribution in [3.05, 3.63) is 22.7 Å². The zero-order valence-electron chi connectivity index (χ0n) is 11.2. The zero-order chi connectivity index (χ0) is 13.7. The molecule has 3 nitrogen and oxygen atoms in total. The molecular weight excluding hydrogens is 252 g/mol. The van der Waals surface area contributed by atoms with Crippen molar-refractivity contribution in [1.82, 2.24) is 0 Å². The molecule has 0 aliphatic carbocycles. The van der Waals surface area contributed by atoms with E-state index in [-0.39, 0.29) is 11.7 Å². The Balaban J connectivity index is 3.01. The van der Waals surface area contributed by atoms with Crippen molar-refractivity contribution in [2.75, 3.05) is 14.2 Å². The summed E-state index contributed by atoms with van der Waals surface area (Å²) in [6.45, 7) is 3.67. The molecule has 0 saturated carbocycles. The minimum atomic E-state index is 0.196. The average Bonchev–Trinajstić information content (AvgIpc) is 2.35. The largest absolute Gasteiger partial charge is 0.496 e. The number of carbonyl (C=O) groups excluding carboxylic acids is 1. The second kappa shape index (κ2) is 6.64. The SMILES string of the molecule is COc1cc(C(C)CCC(C)=O)c(OC)cc1Cl. The van der Waals surface area contributed by atoms with E-state index in [0.29, 0.717) is 17.2 Å². The molecule has 1 unspecified atom stereocenters. The maximum Gasteiger partial charge on any atom is 0.138 e. The molecule has 18 heavy (non-hydrogen) atoms. The van der Waals surface area contributed by atoms with Crippen molar-refractivity contribution < 1.29 is 14.3 Å². The van der Waals surface area contributed by atoms with Crippen LogP contribution in [0.1, 0.15) is 38.2 Å². The summed E-state index contributed by atoms with van der Waals surface area (Å²) in [5, 5.41) is 0.525. The van der Waals surface area contributed by atoms with Crippen molar-refractivity contribution in [3.63, 3.8) is 0 Å². The topological polar surface area (TPSA) is 35.5 Å². The van der Waals surface area contributed by atoms with Gasteiger partial charge in [0.1, 0.15) is 17.3 Å². The zero-order valence-corrected chi connectivity index (χ0v) is 12.0. The summed E-state index contributed by atoms with van der Waals surface area (Å²) < 4.78 is 10.5. The van der Waals surface area contributed by atoms with Gasteiger partial charge in [-0.1, -0.05) is 18.5 Å². The van der Waals surface area contributed by atoms with Crippen LogP contribution in [0.3, 0.4) is 0 Å². The maximum atomic E-state index is 11.0. The third kappa shape index (κ3) is 3.64. The molecule has 0 amide bonds. The summed E-state index contributed by atoms with van der Waals surface area (Å²) in [5.41, 5.74) is 1.01. The third-order valence-electron chi connectivity index (χ3n) is 2.96. The van der Waals surface area contributed by atoms with Crippen LogP contribution in [0.25, 0.3) is 0 Å². The van der Waals surface area contributed by atoms with Crippen molar-refractivity contribution in [2.45, 2.75) is 32.6 Å². The van der Waals surface area contributed by atoms with E-state index in [9.17, 15) is 4.79 Å². The first-order valence-corrected chi connectivity index (χ1v) is 6.28. The van der Waals surface area contributed by atoms with Crippen LogP contribution in [0, 0.1) is 0 Å². The van der Waals surface area contributed by atoms with Gasteiger partial charge in [0.25, 0.3) is 0 Å². The highest BCUT2D eigenvalue weighted by atomic mass is 35.5. The Kier molecular flexibility index (Phi) is 5.48. The first kappa shape index (κ1) is 14.8. The molecule has 1 atom stereocenters. The Hall–Kier alpha value is -1.22.